The maximum absolute atomic E-state index is 13.0. The molecule has 0 aliphatic heterocycles. The van der Waals surface area contributed by atoms with Crippen molar-refractivity contribution < 1.29 is 14.3 Å². The highest BCUT2D eigenvalue weighted by Gasteiger charge is 2.01. The minimum Gasteiger partial charge on any atom is -0.478 e. The molecule has 2 aromatic rings. The second kappa shape index (κ2) is 4.10. The molecule has 0 saturated carbocycles. The highest BCUT2D eigenvalue weighted by Crippen LogP contribution is 2.18. The van der Waals surface area contributed by atoms with Gasteiger partial charge >= 0.3 is 5.97 Å². The highest BCUT2D eigenvalue weighted by molar-refractivity contribution is 5.92. The Kier molecular flexibility index (Phi) is 2.64. The van der Waals surface area contributed by atoms with Crippen LogP contribution in [-0.4, -0.2) is 16.1 Å². The number of benzene rings is 1. The number of aliphatic carboxylic acids is 1. The van der Waals surface area contributed by atoms with Gasteiger partial charge in [0.25, 0.3) is 0 Å². The summed E-state index contributed by atoms with van der Waals surface area (Å²) in [7, 11) is 0. The summed E-state index contributed by atoms with van der Waals surface area (Å²) >= 11 is 0. The van der Waals surface area contributed by atoms with Crippen LogP contribution in [0.5, 0.6) is 0 Å². The number of pyridine rings is 1. The minimum atomic E-state index is -1.04. The summed E-state index contributed by atoms with van der Waals surface area (Å²) in [5.74, 6) is -1.41. The number of halogens is 1. The van der Waals surface area contributed by atoms with Crippen LogP contribution in [0.4, 0.5) is 4.39 Å². The van der Waals surface area contributed by atoms with E-state index < -0.39 is 5.97 Å². The van der Waals surface area contributed by atoms with Gasteiger partial charge in [-0.2, -0.15) is 0 Å². The first-order valence-corrected chi connectivity index (χ1v) is 4.62. The number of aromatic nitrogens is 1. The Balaban J connectivity index is 2.60. The normalized spacial score (nSPS) is 11.1. The molecule has 0 unspecified atom stereocenters. The molecule has 80 valence electrons. The van der Waals surface area contributed by atoms with Crippen LogP contribution in [0.25, 0.3) is 17.0 Å². The third-order valence-corrected chi connectivity index (χ3v) is 2.14. The van der Waals surface area contributed by atoms with Gasteiger partial charge in [0.2, 0.25) is 0 Å². The fourth-order valence-electron chi connectivity index (χ4n) is 1.45. The van der Waals surface area contributed by atoms with Gasteiger partial charge in [0.1, 0.15) is 5.82 Å². The van der Waals surface area contributed by atoms with Gasteiger partial charge in [-0.1, -0.05) is 0 Å². The summed E-state index contributed by atoms with van der Waals surface area (Å²) in [6.45, 7) is 0. The average Bonchev–Trinajstić information content (AvgIpc) is 2.26. The smallest absolute Gasteiger partial charge is 0.328 e. The maximum atomic E-state index is 13.0. The Hall–Kier alpha value is -2.23. The van der Waals surface area contributed by atoms with Crippen LogP contribution in [0.2, 0.25) is 0 Å². The molecular weight excluding hydrogens is 209 g/mol. The first kappa shape index (κ1) is 10.3. The van der Waals surface area contributed by atoms with Crippen molar-refractivity contribution in [2.24, 2.45) is 0 Å². The molecule has 2 rings (SSSR count). The number of carbonyl (C=O) groups is 1. The predicted octanol–water partition coefficient (Wildman–Crippen LogP) is 2.47. The molecule has 0 aliphatic carbocycles. The van der Waals surface area contributed by atoms with Crippen LogP contribution in [0.1, 0.15) is 5.56 Å². The van der Waals surface area contributed by atoms with E-state index in [-0.39, 0.29) is 5.82 Å². The van der Waals surface area contributed by atoms with E-state index in [2.05, 4.69) is 4.98 Å². The molecule has 1 aromatic carbocycles. The van der Waals surface area contributed by atoms with Crippen molar-refractivity contribution in [1.82, 2.24) is 4.98 Å². The van der Waals surface area contributed by atoms with E-state index in [1.807, 2.05) is 0 Å². The van der Waals surface area contributed by atoms with Crippen LogP contribution in [0, 0.1) is 5.82 Å². The van der Waals surface area contributed by atoms with Crippen molar-refractivity contribution in [3.63, 3.8) is 0 Å². The van der Waals surface area contributed by atoms with E-state index in [0.29, 0.717) is 16.5 Å². The zero-order chi connectivity index (χ0) is 11.5. The monoisotopic (exact) mass is 217 g/mol. The van der Waals surface area contributed by atoms with Gasteiger partial charge in [-0.25, -0.2) is 9.18 Å². The van der Waals surface area contributed by atoms with Crippen molar-refractivity contribution in [2.75, 3.05) is 0 Å². The second-order valence-corrected chi connectivity index (χ2v) is 3.23. The number of fused-ring (bicyclic) bond motifs is 1. The molecule has 0 spiro atoms. The molecule has 4 heteroatoms. The maximum Gasteiger partial charge on any atom is 0.328 e. The molecular formula is C12H8FNO2. The molecule has 0 radical (unpaired) electrons. The lowest BCUT2D eigenvalue weighted by Gasteiger charge is -2.00. The zero-order valence-corrected chi connectivity index (χ0v) is 8.22. The molecule has 1 N–H and O–H groups in total. The first-order chi connectivity index (χ1) is 7.66. The first-order valence-electron chi connectivity index (χ1n) is 4.62. The Morgan fingerprint density at radius 2 is 2.19 bits per heavy atom. The van der Waals surface area contributed by atoms with Crippen molar-refractivity contribution >= 4 is 22.9 Å². The number of carboxylic acids is 1. The van der Waals surface area contributed by atoms with Crippen LogP contribution in [0.15, 0.2) is 36.5 Å². The van der Waals surface area contributed by atoms with Crippen molar-refractivity contribution in [3.05, 3.63) is 47.9 Å². The Bertz CT molecular complexity index is 578. The average molecular weight is 217 g/mol. The standard InChI is InChI=1S/C12H8FNO2/c13-9-2-3-11-10(7-9)8(5-6-14-11)1-4-12(15)16/h1-7H,(H,15,16). The lowest BCUT2D eigenvalue weighted by atomic mass is 10.1. The SMILES string of the molecule is O=C(O)C=Cc1ccnc2ccc(F)cc12. The van der Waals surface area contributed by atoms with Gasteiger partial charge in [0, 0.05) is 17.7 Å². The number of hydrogen-bond acceptors (Lipinski definition) is 2. The third-order valence-electron chi connectivity index (χ3n) is 2.14. The lowest BCUT2D eigenvalue weighted by Crippen LogP contribution is -1.88. The molecule has 3 nitrogen and oxygen atoms in total. The van der Waals surface area contributed by atoms with Crippen LogP contribution in [-0.2, 0) is 4.79 Å². The molecule has 0 amide bonds. The quantitative estimate of drug-likeness (QED) is 0.786. The van der Waals surface area contributed by atoms with E-state index >= 15 is 0 Å². The molecule has 16 heavy (non-hydrogen) atoms. The molecule has 0 fully saturated rings. The van der Waals surface area contributed by atoms with Crippen molar-refractivity contribution in [1.29, 1.82) is 0 Å². The Morgan fingerprint density at radius 3 is 2.94 bits per heavy atom. The Morgan fingerprint density at radius 1 is 1.38 bits per heavy atom. The number of carboxylic acid groups (broad SMARTS) is 1. The topological polar surface area (TPSA) is 50.2 Å². The number of rotatable bonds is 2. The van der Waals surface area contributed by atoms with Gasteiger partial charge in [-0.3, -0.25) is 4.98 Å². The van der Waals surface area contributed by atoms with E-state index in [4.69, 9.17) is 5.11 Å². The number of nitrogens with zero attached hydrogens (tertiary/aromatic N) is 1. The van der Waals surface area contributed by atoms with Crippen molar-refractivity contribution in [2.45, 2.75) is 0 Å². The van der Waals surface area contributed by atoms with Gasteiger partial charge < -0.3 is 5.11 Å². The molecule has 0 atom stereocenters. The van der Waals surface area contributed by atoms with E-state index in [0.717, 1.165) is 6.08 Å². The highest BCUT2D eigenvalue weighted by atomic mass is 19.1. The fraction of sp³-hybridized carbons (Fsp3) is 0. The largest absolute Gasteiger partial charge is 0.478 e. The van der Waals surface area contributed by atoms with Crippen LogP contribution in [0.3, 0.4) is 0 Å². The molecule has 1 aromatic heterocycles. The summed E-state index contributed by atoms with van der Waals surface area (Å²) in [6, 6.07) is 5.86. The second-order valence-electron chi connectivity index (χ2n) is 3.23. The summed E-state index contributed by atoms with van der Waals surface area (Å²) in [6.07, 6.45) is 3.99. The summed E-state index contributed by atoms with van der Waals surface area (Å²) < 4.78 is 13.0. The molecule has 0 aliphatic rings. The summed E-state index contributed by atoms with van der Waals surface area (Å²) in [5.41, 5.74) is 1.26. The molecule has 1 heterocycles. The van der Waals surface area contributed by atoms with Gasteiger partial charge in [0.05, 0.1) is 5.52 Å². The zero-order valence-electron chi connectivity index (χ0n) is 8.22. The fourth-order valence-corrected chi connectivity index (χ4v) is 1.45. The number of hydrogen-bond donors (Lipinski definition) is 1. The van der Waals surface area contributed by atoms with E-state index in [9.17, 15) is 9.18 Å². The molecule has 0 saturated heterocycles. The van der Waals surface area contributed by atoms with Crippen LogP contribution < -0.4 is 0 Å². The van der Waals surface area contributed by atoms with E-state index in [1.165, 1.54) is 18.2 Å². The third kappa shape index (κ3) is 2.06. The Labute approximate surface area is 90.9 Å². The van der Waals surface area contributed by atoms with Gasteiger partial charge in [-0.05, 0) is 35.9 Å². The van der Waals surface area contributed by atoms with E-state index in [1.54, 1.807) is 18.3 Å². The summed E-state index contributed by atoms with van der Waals surface area (Å²) in [5, 5.41) is 9.12. The molecule has 0 bridgehead atoms. The predicted molar refractivity (Wildman–Crippen MR) is 58.4 cm³/mol. The van der Waals surface area contributed by atoms with Gasteiger partial charge in [0.15, 0.2) is 0 Å². The van der Waals surface area contributed by atoms with Gasteiger partial charge in [-0.15, -0.1) is 0 Å². The summed E-state index contributed by atoms with van der Waals surface area (Å²) in [4.78, 5) is 14.5. The van der Waals surface area contributed by atoms with Crippen LogP contribution >= 0.6 is 0 Å². The van der Waals surface area contributed by atoms with Crippen molar-refractivity contribution in [3.8, 4) is 0 Å². The lowest BCUT2D eigenvalue weighted by molar-refractivity contribution is -0.131. The minimum absolute atomic E-state index is 0.370.